The summed E-state index contributed by atoms with van der Waals surface area (Å²) in [7, 11) is -1.62. The molecule has 1 aliphatic heterocycles. The maximum Gasteiger partial charge on any atom is 0.175 e. The van der Waals surface area contributed by atoms with E-state index >= 15 is 0 Å². The molecule has 0 radical (unpaired) electrons. The fourth-order valence-electron chi connectivity index (χ4n) is 3.37. The van der Waals surface area contributed by atoms with E-state index in [1.807, 2.05) is 36.4 Å². The lowest BCUT2D eigenvalue weighted by molar-refractivity contribution is 0.412. The lowest BCUT2D eigenvalue weighted by Crippen LogP contribution is -2.09. The molecule has 148 valence electrons. The first kappa shape index (κ1) is 19.7. The zero-order valence-electron chi connectivity index (χ0n) is 16.0. The van der Waals surface area contributed by atoms with Gasteiger partial charge in [0.25, 0.3) is 0 Å². The van der Waals surface area contributed by atoms with Crippen LogP contribution in [-0.4, -0.2) is 21.8 Å². The molecule has 0 atom stereocenters. The molecule has 0 aromatic heterocycles. The van der Waals surface area contributed by atoms with Gasteiger partial charge in [-0.05, 0) is 69.5 Å². The van der Waals surface area contributed by atoms with Crippen LogP contribution in [0.5, 0.6) is 11.5 Å². The molecule has 0 N–H and O–H groups in total. The molecule has 29 heavy (non-hydrogen) atoms. The van der Waals surface area contributed by atoms with Gasteiger partial charge in [0.05, 0.1) is 16.5 Å². The highest BCUT2D eigenvalue weighted by atomic mass is 79.9. The minimum atomic E-state index is -3.25. The van der Waals surface area contributed by atoms with Crippen LogP contribution in [0.4, 0.5) is 0 Å². The van der Waals surface area contributed by atoms with Gasteiger partial charge in [-0.25, -0.2) is 8.42 Å². The van der Waals surface area contributed by atoms with E-state index in [1.165, 1.54) is 6.26 Å². The van der Waals surface area contributed by atoms with E-state index in [4.69, 9.17) is 9.47 Å². The summed E-state index contributed by atoms with van der Waals surface area (Å²) in [6.07, 6.45) is 1.91. The summed E-state index contributed by atoms with van der Waals surface area (Å²) in [5.74, 6) is 2.29. The van der Waals surface area contributed by atoms with Gasteiger partial charge in [0, 0.05) is 23.8 Å². The molecule has 3 aromatic carbocycles. The molecule has 0 unspecified atom stereocenters. The van der Waals surface area contributed by atoms with Gasteiger partial charge in [-0.3, -0.25) is 0 Å². The van der Waals surface area contributed by atoms with E-state index in [0.717, 1.165) is 44.0 Å². The molecule has 0 spiro atoms. The Kier molecular flexibility index (Phi) is 5.23. The number of hydrogen-bond donors (Lipinski definition) is 0. The van der Waals surface area contributed by atoms with Crippen LogP contribution in [-0.2, 0) is 16.3 Å². The maximum absolute atomic E-state index is 11.8. The highest BCUT2D eigenvalue weighted by Gasteiger charge is 2.23. The molecule has 6 heteroatoms. The Morgan fingerprint density at radius 2 is 1.66 bits per heavy atom. The Hall–Kier alpha value is -2.57. The van der Waals surface area contributed by atoms with Crippen LogP contribution in [0.15, 0.2) is 76.1 Å². The summed E-state index contributed by atoms with van der Waals surface area (Å²) < 4.78 is 36.1. The monoisotopic (exact) mass is 470 g/mol. The Bertz CT molecular complexity index is 1210. The molecule has 1 heterocycles. The van der Waals surface area contributed by atoms with Crippen LogP contribution in [0, 0.1) is 0 Å². The van der Waals surface area contributed by atoms with Crippen molar-refractivity contribution in [3.05, 3.63) is 87.9 Å². The molecule has 4 nitrogen and oxygen atoms in total. The third-order valence-corrected chi connectivity index (χ3v) is 6.62. The van der Waals surface area contributed by atoms with Gasteiger partial charge < -0.3 is 9.47 Å². The number of fused-ring (bicyclic) bond motifs is 1. The van der Waals surface area contributed by atoms with Crippen molar-refractivity contribution >= 4 is 37.1 Å². The molecular weight excluding hydrogens is 452 g/mol. The molecule has 1 aliphatic rings. The number of allylic oxidation sites excluding steroid dienone is 1. The first-order chi connectivity index (χ1) is 13.9. The van der Waals surface area contributed by atoms with E-state index in [1.54, 1.807) is 31.4 Å². The summed E-state index contributed by atoms with van der Waals surface area (Å²) >= 11 is 3.56. The lowest BCUT2D eigenvalue weighted by atomic mass is 9.92. The second-order valence-electron chi connectivity index (χ2n) is 6.84. The average molecular weight is 471 g/mol. The summed E-state index contributed by atoms with van der Waals surface area (Å²) in [5, 5.41) is 0. The molecule has 0 saturated carbocycles. The quantitative estimate of drug-likeness (QED) is 0.514. The maximum atomic E-state index is 11.8. The van der Waals surface area contributed by atoms with Crippen molar-refractivity contribution in [1.82, 2.24) is 0 Å². The van der Waals surface area contributed by atoms with Crippen molar-refractivity contribution in [2.75, 3.05) is 13.4 Å². The van der Waals surface area contributed by atoms with Gasteiger partial charge in [0.15, 0.2) is 9.84 Å². The summed E-state index contributed by atoms with van der Waals surface area (Å²) in [6, 6.07) is 20.7. The summed E-state index contributed by atoms with van der Waals surface area (Å²) in [6.45, 7) is 0. The van der Waals surface area contributed by atoms with Crippen LogP contribution in [0.25, 0.3) is 11.3 Å². The fourth-order valence-corrected chi connectivity index (χ4v) is 4.54. The average Bonchev–Trinajstić information content (AvgIpc) is 2.72. The van der Waals surface area contributed by atoms with E-state index in [-0.39, 0.29) is 4.90 Å². The van der Waals surface area contributed by atoms with Crippen molar-refractivity contribution in [1.29, 1.82) is 0 Å². The second-order valence-corrected chi connectivity index (χ2v) is 9.71. The smallest absolute Gasteiger partial charge is 0.175 e. The van der Waals surface area contributed by atoms with Gasteiger partial charge in [-0.2, -0.15) is 0 Å². The third-order valence-electron chi connectivity index (χ3n) is 4.87. The first-order valence-corrected chi connectivity index (χ1v) is 11.7. The number of sulfone groups is 1. The van der Waals surface area contributed by atoms with Gasteiger partial charge in [-0.1, -0.05) is 24.3 Å². The van der Waals surface area contributed by atoms with Gasteiger partial charge in [0.1, 0.15) is 17.3 Å². The number of ether oxygens (including phenoxy) is 2. The van der Waals surface area contributed by atoms with Gasteiger partial charge in [0.2, 0.25) is 0 Å². The highest BCUT2D eigenvalue weighted by Crippen LogP contribution is 2.40. The van der Waals surface area contributed by atoms with Crippen molar-refractivity contribution in [2.45, 2.75) is 11.3 Å². The first-order valence-electron chi connectivity index (χ1n) is 9.00. The molecular formula is C23H19BrO4S. The number of benzene rings is 3. The number of rotatable bonds is 4. The summed E-state index contributed by atoms with van der Waals surface area (Å²) in [5.41, 5.74) is 3.97. The Labute approximate surface area is 178 Å². The summed E-state index contributed by atoms with van der Waals surface area (Å²) in [4.78, 5) is 0.284. The predicted molar refractivity (Wildman–Crippen MR) is 118 cm³/mol. The molecule has 0 amide bonds. The SMILES string of the molecule is COc1ccc(C2=C(c3ccc(S(C)(=O)=O)cc3)Oc3ccccc3C2)cc1Br. The minimum absolute atomic E-state index is 0.284. The van der Waals surface area contributed by atoms with Crippen molar-refractivity contribution in [3.8, 4) is 11.5 Å². The zero-order valence-corrected chi connectivity index (χ0v) is 18.4. The standard InChI is InChI=1S/C23H19BrO4S/c1-27-22-12-9-16(14-20(22)24)19-13-17-5-3-4-6-21(17)28-23(19)15-7-10-18(11-8-15)29(2,25)26/h3-12,14H,13H2,1-2H3. The lowest BCUT2D eigenvalue weighted by Gasteiger charge is -2.24. The van der Waals surface area contributed by atoms with E-state index in [0.29, 0.717) is 6.42 Å². The van der Waals surface area contributed by atoms with E-state index in [9.17, 15) is 8.42 Å². The Morgan fingerprint density at radius 1 is 0.966 bits per heavy atom. The van der Waals surface area contributed by atoms with Crippen molar-refractivity contribution in [3.63, 3.8) is 0 Å². The van der Waals surface area contributed by atoms with E-state index in [2.05, 4.69) is 22.0 Å². The third kappa shape index (κ3) is 3.95. The van der Waals surface area contributed by atoms with Crippen LogP contribution in [0.2, 0.25) is 0 Å². The van der Waals surface area contributed by atoms with Crippen LogP contribution < -0.4 is 9.47 Å². The van der Waals surface area contributed by atoms with Gasteiger partial charge in [-0.15, -0.1) is 0 Å². The predicted octanol–water partition coefficient (Wildman–Crippen LogP) is 5.36. The fraction of sp³-hybridized carbons (Fsp3) is 0.130. The Morgan fingerprint density at radius 3 is 2.31 bits per heavy atom. The molecule has 0 aliphatic carbocycles. The topological polar surface area (TPSA) is 52.6 Å². The largest absolute Gasteiger partial charge is 0.496 e. The molecule has 4 rings (SSSR count). The van der Waals surface area contributed by atoms with Crippen molar-refractivity contribution in [2.24, 2.45) is 0 Å². The van der Waals surface area contributed by atoms with Gasteiger partial charge >= 0.3 is 0 Å². The highest BCUT2D eigenvalue weighted by molar-refractivity contribution is 9.10. The van der Waals surface area contributed by atoms with E-state index < -0.39 is 9.84 Å². The molecule has 3 aromatic rings. The Balaban J connectivity index is 1.86. The normalized spacial score (nSPS) is 13.6. The number of halogens is 1. The number of hydrogen-bond acceptors (Lipinski definition) is 4. The molecule has 0 bridgehead atoms. The van der Waals surface area contributed by atoms with Crippen LogP contribution >= 0.6 is 15.9 Å². The number of methoxy groups -OCH3 is 1. The zero-order chi connectivity index (χ0) is 20.6. The molecule has 0 fully saturated rings. The van der Waals surface area contributed by atoms with Crippen LogP contribution in [0.1, 0.15) is 16.7 Å². The molecule has 0 saturated heterocycles. The van der Waals surface area contributed by atoms with Crippen LogP contribution in [0.3, 0.4) is 0 Å². The minimum Gasteiger partial charge on any atom is -0.496 e. The number of para-hydroxylation sites is 1. The van der Waals surface area contributed by atoms with Crippen molar-refractivity contribution < 1.29 is 17.9 Å². The second kappa shape index (κ2) is 7.69.